The number of nitrogens with one attached hydrogen (secondary N) is 2. The van der Waals surface area contributed by atoms with Gasteiger partial charge in [-0.25, -0.2) is 4.98 Å². The van der Waals surface area contributed by atoms with Crippen molar-refractivity contribution in [3.05, 3.63) is 44.9 Å². The predicted octanol–water partition coefficient (Wildman–Crippen LogP) is 4.64. The van der Waals surface area contributed by atoms with E-state index in [9.17, 15) is 14.4 Å². The number of rotatable bonds is 10. The van der Waals surface area contributed by atoms with Crippen molar-refractivity contribution in [1.29, 1.82) is 0 Å². The number of aromatic nitrogens is 1. The molecular formula is C22H28Cl2N4O3S. The zero-order valence-corrected chi connectivity index (χ0v) is 20.9. The SMILES string of the molecule is CCC(C)NC(=O)Cc1csc(NC(=O)CN(CC(C)C)C(=O)c2ccc(Cl)cc2Cl)n1. The van der Waals surface area contributed by atoms with Crippen molar-refractivity contribution in [3.63, 3.8) is 0 Å². The Hall–Kier alpha value is -2.16. The third-order valence-corrected chi connectivity index (χ3v) is 5.88. The minimum atomic E-state index is -0.381. The second kappa shape index (κ2) is 12.2. The molecule has 0 aliphatic carbocycles. The maximum atomic E-state index is 13.0. The molecule has 2 aromatic rings. The normalized spacial score (nSPS) is 11.8. The fourth-order valence-electron chi connectivity index (χ4n) is 2.86. The maximum absolute atomic E-state index is 13.0. The van der Waals surface area contributed by atoms with Crippen LogP contribution >= 0.6 is 34.5 Å². The number of hydrogen-bond acceptors (Lipinski definition) is 5. The molecule has 2 N–H and O–H groups in total. The largest absolute Gasteiger partial charge is 0.353 e. The summed E-state index contributed by atoms with van der Waals surface area (Å²) >= 11 is 13.3. The first kappa shape index (κ1) is 26.1. The van der Waals surface area contributed by atoms with E-state index in [0.717, 1.165) is 6.42 Å². The van der Waals surface area contributed by atoms with Gasteiger partial charge < -0.3 is 15.5 Å². The van der Waals surface area contributed by atoms with Gasteiger partial charge in [-0.3, -0.25) is 14.4 Å². The molecule has 0 spiro atoms. The molecule has 1 atom stereocenters. The Bertz CT molecular complexity index is 964. The number of hydrogen-bond donors (Lipinski definition) is 2. The van der Waals surface area contributed by atoms with E-state index in [1.165, 1.54) is 22.3 Å². The lowest BCUT2D eigenvalue weighted by atomic mass is 10.1. The van der Waals surface area contributed by atoms with Crippen LogP contribution in [0.2, 0.25) is 10.0 Å². The van der Waals surface area contributed by atoms with E-state index in [1.54, 1.807) is 17.5 Å². The molecule has 0 radical (unpaired) electrons. The van der Waals surface area contributed by atoms with Crippen LogP contribution in [-0.2, 0) is 16.0 Å². The van der Waals surface area contributed by atoms with E-state index in [-0.39, 0.29) is 53.2 Å². The molecule has 0 saturated heterocycles. The lowest BCUT2D eigenvalue weighted by molar-refractivity contribution is -0.121. The van der Waals surface area contributed by atoms with Crippen molar-refractivity contribution >= 4 is 57.4 Å². The lowest BCUT2D eigenvalue weighted by Gasteiger charge is -2.24. The van der Waals surface area contributed by atoms with Crippen LogP contribution in [0, 0.1) is 5.92 Å². The van der Waals surface area contributed by atoms with E-state index < -0.39 is 0 Å². The van der Waals surface area contributed by atoms with Crippen molar-refractivity contribution in [2.24, 2.45) is 5.92 Å². The number of anilines is 1. The Balaban J connectivity index is 2.02. The van der Waals surface area contributed by atoms with Gasteiger partial charge in [0.25, 0.3) is 5.91 Å². The molecule has 7 nitrogen and oxygen atoms in total. The molecule has 0 fully saturated rings. The molecule has 1 unspecified atom stereocenters. The Morgan fingerprint density at radius 3 is 2.50 bits per heavy atom. The first-order valence-electron chi connectivity index (χ1n) is 10.4. The number of nitrogens with zero attached hydrogens (tertiary/aromatic N) is 2. The Morgan fingerprint density at radius 2 is 1.88 bits per heavy atom. The Morgan fingerprint density at radius 1 is 1.16 bits per heavy atom. The summed E-state index contributed by atoms with van der Waals surface area (Å²) in [6, 6.07) is 4.73. The molecule has 32 heavy (non-hydrogen) atoms. The lowest BCUT2D eigenvalue weighted by Crippen LogP contribution is -2.40. The highest BCUT2D eigenvalue weighted by Gasteiger charge is 2.22. The van der Waals surface area contributed by atoms with Gasteiger partial charge in [-0.2, -0.15) is 0 Å². The van der Waals surface area contributed by atoms with E-state index in [2.05, 4.69) is 15.6 Å². The van der Waals surface area contributed by atoms with Gasteiger partial charge in [0.2, 0.25) is 11.8 Å². The Kier molecular flexibility index (Phi) is 9.93. The van der Waals surface area contributed by atoms with Crippen LogP contribution in [0.1, 0.15) is 50.2 Å². The molecule has 3 amide bonds. The molecule has 2 rings (SSSR count). The number of carbonyl (C=O) groups is 3. The van der Waals surface area contributed by atoms with E-state index in [1.807, 2.05) is 27.7 Å². The topological polar surface area (TPSA) is 91.4 Å². The summed E-state index contributed by atoms with van der Waals surface area (Å²) in [6.45, 7) is 8.07. The summed E-state index contributed by atoms with van der Waals surface area (Å²) < 4.78 is 0. The van der Waals surface area contributed by atoms with Crippen molar-refractivity contribution in [3.8, 4) is 0 Å². The number of thiazole rings is 1. The molecule has 10 heteroatoms. The summed E-state index contributed by atoms with van der Waals surface area (Å²) in [5.41, 5.74) is 0.863. The van der Waals surface area contributed by atoms with Gasteiger partial charge in [0.1, 0.15) is 6.54 Å². The van der Waals surface area contributed by atoms with Crippen LogP contribution in [0.3, 0.4) is 0 Å². The van der Waals surface area contributed by atoms with Crippen molar-refractivity contribution in [2.75, 3.05) is 18.4 Å². The molecule has 0 saturated carbocycles. The second-order valence-corrected chi connectivity index (χ2v) is 9.65. The predicted molar refractivity (Wildman–Crippen MR) is 130 cm³/mol. The highest BCUT2D eigenvalue weighted by Crippen LogP contribution is 2.23. The Labute approximate surface area is 202 Å². The highest BCUT2D eigenvalue weighted by molar-refractivity contribution is 7.13. The van der Waals surface area contributed by atoms with E-state index in [4.69, 9.17) is 23.2 Å². The highest BCUT2D eigenvalue weighted by atomic mass is 35.5. The third kappa shape index (κ3) is 8.07. The van der Waals surface area contributed by atoms with Gasteiger partial charge >= 0.3 is 0 Å². The summed E-state index contributed by atoms with van der Waals surface area (Å²) in [4.78, 5) is 43.4. The molecule has 1 heterocycles. The molecule has 174 valence electrons. The summed E-state index contributed by atoms with van der Waals surface area (Å²) in [7, 11) is 0. The smallest absolute Gasteiger partial charge is 0.255 e. The quantitative estimate of drug-likeness (QED) is 0.498. The third-order valence-electron chi connectivity index (χ3n) is 4.53. The molecule has 0 bridgehead atoms. The number of amides is 3. The average Bonchev–Trinajstić information content (AvgIpc) is 3.12. The van der Waals surface area contributed by atoms with Crippen LogP contribution in [0.4, 0.5) is 5.13 Å². The van der Waals surface area contributed by atoms with Crippen LogP contribution in [0.15, 0.2) is 23.6 Å². The molecule has 0 aliphatic heterocycles. The fraction of sp³-hybridized carbons (Fsp3) is 0.455. The number of carbonyl (C=O) groups excluding carboxylic acids is 3. The summed E-state index contributed by atoms with van der Waals surface area (Å²) in [5.74, 6) is -0.699. The molecular weight excluding hydrogens is 471 g/mol. The van der Waals surface area contributed by atoms with Crippen molar-refractivity contribution in [2.45, 2.75) is 46.6 Å². The van der Waals surface area contributed by atoms with Gasteiger partial charge in [-0.1, -0.05) is 44.0 Å². The summed E-state index contributed by atoms with van der Waals surface area (Å²) in [5, 5.41) is 8.36. The first-order valence-corrected chi connectivity index (χ1v) is 12.0. The monoisotopic (exact) mass is 498 g/mol. The van der Waals surface area contributed by atoms with Gasteiger partial charge in [0, 0.05) is 23.0 Å². The van der Waals surface area contributed by atoms with Crippen molar-refractivity contribution in [1.82, 2.24) is 15.2 Å². The number of halogens is 2. The van der Waals surface area contributed by atoms with Crippen LogP contribution < -0.4 is 10.6 Å². The zero-order chi connectivity index (χ0) is 23.8. The number of benzene rings is 1. The van der Waals surface area contributed by atoms with Crippen molar-refractivity contribution < 1.29 is 14.4 Å². The van der Waals surface area contributed by atoms with Crippen LogP contribution in [0.5, 0.6) is 0 Å². The maximum Gasteiger partial charge on any atom is 0.255 e. The minimum absolute atomic E-state index is 0.0962. The first-order chi connectivity index (χ1) is 15.1. The van der Waals surface area contributed by atoms with E-state index in [0.29, 0.717) is 22.4 Å². The van der Waals surface area contributed by atoms with Gasteiger partial charge in [0.05, 0.1) is 22.7 Å². The minimum Gasteiger partial charge on any atom is -0.353 e. The van der Waals surface area contributed by atoms with E-state index >= 15 is 0 Å². The van der Waals surface area contributed by atoms with Gasteiger partial charge in [-0.05, 0) is 37.5 Å². The van der Waals surface area contributed by atoms with Crippen LogP contribution in [-0.4, -0.2) is 46.7 Å². The standard InChI is InChI=1S/C22H28Cl2N4O3S/c1-5-14(4)25-19(29)9-16-12-32-22(26-16)27-20(30)11-28(10-13(2)3)21(31)17-7-6-15(23)8-18(17)24/h6-8,12-14H,5,9-11H2,1-4H3,(H,25,29)(H,26,27,30). The molecule has 1 aromatic heterocycles. The fourth-order valence-corrected chi connectivity index (χ4v) is 4.08. The summed E-state index contributed by atoms with van der Waals surface area (Å²) in [6.07, 6.45) is 0.987. The second-order valence-electron chi connectivity index (χ2n) is 7.95. The van der Waals surface area contributed by atoms with Gasteiger partial charge in [0.15, 0.2) is 5.13 Å². The molecule has 1 aromatic carbocycles. The van der Waals surface area contributed by atoms with Crippen LogP contribution in [0.25, 0.3) is 0 Å². The van der Waals surface area contributed by atoms with Gasteiger partial charge in [-0.15, -0.1) is 11.3 Å². The zero-order valence-electron chi connectivity index (χ0n) is 18.6. The average molecular weight is 499 g/mol. The molecule has 0 aliphatic rings.